The number of nitrogens with one attached hydrogen (secondary N) is 1. The predicted octanol–water partition coefficient (Wildman–Crippen LogP) is 3.45. The lowest BCUT2D eigenvalue weighted by molar-refractivity contribution is 0.606. The molecule has 102 valence electrons. The Kier molecular flexibility index (Phi) is 3.24. The fourth-order valence-corrected chi connectivity index (χ4v) is 2.40. The summed E-state index contributed by atoms with van der Waals surface area (Å²) >= 11 is 0. The molecule has 0 aliphatic heterocycles. The van der Waals surface area contributed by atoms with Crippen molar-refractivity contribution in [2.75, 3.05) is 7.05 Å². The number of aromatic nitrogens is 2. The minimum absolute atomic E-state index is 0.0573. The average molecular weight is 269 g/mol. The van der Waals surface area contributed by atoms with Crippen LogP contribution in [0.25, 0.3) is 16.7 Å². The van der Waals surface area contributed by atoms with E-state index in [2.05, 4.69) is 10.3 Å². The van der Waals surface area contributed by atoms with Gasteiger partial charge in [0.25, 0.3) is 0 Å². The molecule has 0 saturated heterocycles. The zero-order valence-corrected chi connectivity index (χ0v) is 11.5. The molecule has 3 nitrogen and oxygen atoms in total. The van der Waals surface area contributed by atoms with Gasteiger partial charge in [0.05, 0.1) is 16.7 Å². The number of nitrogens with zero attached hydrogens (tertiary/aromatic N) is 2. The molecule has 20 heavy (non-hydrogen) atoms. The van der Waals surface area contributed by atoms with Crippen molar-refractivity contribution >= 4 is 11.0 Å². The number of benzene rings is 2. The fourth-order valence-electron chi connectivity index (χ4n) is 2.40. The highest BCUT2D eigenvalue weighted by molar-refractivity contribution is 5.77. The second kappa shape index (κ2) is 5.06. The van der Waals surface area contributed by atoms with Crippen LogP contribution < -0.4 is 5.32 Å². The molecule has 3 aromatic rings. The third-order valence-electron chi connectivity index (χ3n) is 3.60. The van der Waals surface area contributed by atoms with E-state index in [1.54, 1.807) is 18.5 Å². The third kappa shape index (κ3) is 2.08. The minimum Gasteiger partial charge on any atom is -0.313 e. The van der Waals surface area contributed by atoms with Crippen LogP contribution >= 0.6 is 0 Å². The fraction of sp³-hybridized carbons (Fsp3) is 0.188. The van der Waals surface area contributed by atoms with E-state index >= 15 is 0 Å². The molecular formula is C16H16FN3. The Bertz CT molecular complexity index is 748. The van der Waals surface area contributed by atoms with E-state index in [4.69, 9.17) is 0 Å². The number of imidazole rings is 1. The summed E-state index contributed by atoms with van der Waals surface area (Å²) < 4.78 is 15.5. The molecule has 0 aliphatic rings. The molecule has 1 atom stereocenters. The lowest BCUT2D eigenvalue weighted by atomic mass is 10.1. The van der Waals surface area contributed by atoms with Gasteiger partial charge in [-0.1, -0.05) is 12.1 Å². The summed E-state index contributed by atoms with van der Waals surface area (Å²) in [5, 5.41) is 3.16. The van der Waals surface area contributed by atoms with Crippen LogP contribution in [-0.4, -0.2) is 16.6 Å². The van der Waals surface area contributed by atoms with Crippen LogP contribution in [0.5, 0.6) is 0 Å². The largest absolute Gasteiger partial charge is 0.313 e. The number of hydrogen-bond donors (Lipinski definition) is 1. The van der Waals surface area contributed by atoms with Crippen LogP contribution in [-0.2, 0) is 0 Å². The van der Waals surface area contributed by atoms with Gasteiger partial charge < -0.3 is 5.32 Å². The number of halogens is 1. The van der Waals surface area contributed by atoms with E-state index in [-0.39, 0.29) is 11.9 Å². The van der Waals surface area contributed by atoms with E-state index in [9.17, 15) is 4.39 Å². The maximum Gasteiger partial charge on any atom is 0.123 e. The van der Waals surface area contributed by atoms with Gasteiger partial charge in [0.1, 0.15) is 12.1 Å². The Morgan fingerprint density at radius 2 is 2.00 bits per heavy atom. The SMILES string of the molecule is CNC(C)c1cc(F)ccc1-n1cnc2ccccc21. The highest BCUT2D eigenvalue weighted by Gasteiger charge is 2.13. The van der Waals surface area contributed by atoms with Crippen molar-refractivity contribution in [3.05, 3.63) is 60.2 Å². The van der Waals surface area contributed by atoms with Crippen molar-refractivity contribution in [2.45, 2.75) is 13.0 Å². The first-order valence-corrected chi connectivity index (χ1v) is 6.60. The van der Waals surface area contributed by atoms with Crippen molar-refractivity contribution in [1.82, 2.24) is 14.9 Å². The van der Waals surface area contributed by atoms with E-state index < -0.39 is 0 Å². The summed E-state index contributed by atoms with van der Waals surface area (Å²) in [5.74, 6) is -0.227. The molecular weight excluding hydrogens is 253 g/mol. The van der Waals surface area contributed by atoms with Crippen molar-refractivity contribution in [2.24, 2.45) is 0 Å². The van der Waals surface area contributed by atoms with Gasteiger partial charge in [-0.2, -0.15) is 0 Å². The molecule has 4 heteroatoms. The third-order valence-corrected chi connectivity index (χ3v) is 3.60. The molecule has 0 amide bonds. The van der Waals surface area contributed by atoms with Gasteiger partial charge in [0.2, 0.25) is 0 Å². The highest BCUT2D eigenvalue weighted by Crippen LogP contribution is 2.26. The van der Waals surface area contributed by atoms with Crippen LogP contribution in [0.15, 0.2) is 48.8 Å². The zero-order valence-electron chi connectivity index (χ0n) is 11.5. The first-order valence-electron chi connectivity index (χ1n) is 6.60. The first kappa shape index (κ1) is 12.8. The second-order valence-corrected chi connectivity index (χ2v) is 4.82. The van der Waals surface area contributed by atoms with Crippen LogP contribution in [0.1, 0.15) is 18.5 Å². The van der Waals surface area contributed by atoms with Crippen molar-refractivity contribution in [3.8, 4) is 5.69 Å². The number of para-hydroxylation sites is 2. The maximum atomic E-state index is 13.5. The van der Waals surface area contributed by atoms with Gasteiger partial charge in [-0.25, -0.2) is 9.37 Å². The van der Waals surface area contributed by atoms with Gasteiger partial charge in [0, 0.05) is 6.04 Å². The average Bonchev–Trinajstić information content (AvgIpc) is 2.90. The molecule has 3 rings (SSSR count). The van der Waals surface area contributed by atoms with E-state index in [1.807, 2.05) is 42.8 Å². The number of fused-ring (bicyclic) bond motifs is 1. The highest BCUT2D eigenvalue weighted by atomic mass is 19.1. The molecule has 0 spiro atoms. The van der Waals surface area contributed by atoms with Crippen molar-refractivity contribution in [3.63, 3.8) is 0 Å². The summed E-state index contributed by atoms with van der Waals surface area (Å²) in [7, 11) is 1.87. The van der Waals surface area contributed by atoms with Crippen molar-refractivity contribution in [1.29, 1.82) is 0 Å². The Balaban J connectivity index is 2.23. The summed E-state index contributed by atoms with van der Waals surface area (Å²) in [6.45, 7) is 2.01. The quantitative estimate of drug-likeness (QED) is 0.789. The van der Waals surface area contributed by atoms with E-state index in [1.165, 1.54) is 6.07 Å². The van der Waals surface area contributed by atoms with Gasteiger partial charge >= 0.3 is 0 Å². The summed E-state index contributed by atoms with van der Waals surface area (Å²) in [6, 6.07) is 12.8. The maximum absolute atomic E-state index is 13.5. The summed E-state index contributed by atoms with van der Waals surface area (Å²) in [6.07, 6.45) is 1.78. The van der Waals surface area contributed by atoms with Crippen molar-refractivity contribution < 1.29 is 4.39 Å². The zero-order chi connectivity index (χ0) is 14.1. The molecule has 0 bridgehead atoms. The number of rotatable bonds is 3. The minimum atomic E-state index is -0.227. The van der Waals surface area contributed by atoms with Crippen LogP contribution in [0, 0.1) is 5.82 Å². The van der Waals surface area contributed by atoms with Gasteiger partial charge in [-0.05, 0) is 49.9 Å². The molecule has 0 aliphatic carbocycles. The predicted molar refractivity (Wildman–Crippen MR) is 78.5 cm³/mol. The smallest absolute Gasteiger partial charge is 0.123 e. The lowest BCUT2D eigenvalue weighted by Crippen LogP contribution is -2.15. The van der Waals surface area contributed by atoms with Gasteiger partial charge in [0.15, 0.2) is 0 Å². The van der Waals surface area contributed by atoms with Crippen LogP contribution in [0.3, 0.4) is 0 Å². The molecule has 0 fully saturated rings. The second-order valence-electron chi connectivity index (χ2n) is 4.82. The standard InChI is InChI=1S/C16H16FN3/c1-11(18-2)13-9-12(17)7-8-15(13)20-10-19-14-5-3-4-6-16(14)20/h3-11,18H,1-2H3. The first-order chi connectivity index (χ1) is 9.70. The molecule has 0 radical (unpaired) electrons. The lowest BCUT2D eigenvalue weighted by Gasteiger charge is -2.17. The van der Waals surface area contributed by atoms with Gasteiger partial charge in [-0.3, -0.25) is 4.57 Å². The van der Waals surface area contributed by atoms with E-state index in [0.717, 1.165) is 22.3 Å². The van der Waals surface area contributed by atoms with Crippen LogP contribution in [0.2, 0.25) is 0 Å². The Morgan fingerprint density at radius 3 is 2.80 bits per heavy atom. The Hall–Kier alpha value is -2.20. The Labute approximate surface area is 117 Å². The Morgan fingerprint density at radius 1 is 1.20 bits per heavy atom. The molecule has 2 aromatic carbocycles. The summed E-state index contributed by atoms with van der Waals surface area (Å²) in [4.78, 5) is 4.39. The number of hydrogen-bond acceptors (Lipinski definition) is 2. The van der Waals surface area contributed by atoms with E-state index in [0.29, 0.717) is 0 Å². The molecule has 1 unspecified atom stereocenters. The van der Waals surface area contributed by atoms with Gasteiger partial charge in [-0.15, -0.1) is 0 Å². The molecule has 1 aromatic heterocycles. The molecule has 1 N–H and O–H groups in total. The normalized spacial score (nSPS) is 12.8. The van der Waals surface area contributed by atoms with Crippen LogP contribution in [0.4, 0.5) is 4.39 Å². The molecule has 1 heterocycles. The molecule has 0 saturated carbocycles. The summed E-state index contributed by atoms with van der Waals surface area (Å²) in [5.41, 5.74) is 3.81. The monoisotopic (exact) mass is 269 g/mol. The topological polar surface area (TPSA) is 29.9 Å².